The van der Waals surface area contributed by atoms with Gasteiger partial charge in [0.25, 0.3) is 0 Å². The third-order valence-electron chi connectivity index (χ3n) is 3.73. The average molecular weight is 350 g/mol. The summed E-state index contributed by atoms with van der Waals surface area (Å²) < 4.78 is 13.9. The van der Waals surface area contributed by atoms with Gasteiger partial charge in [-0.05, 0) is 71.6 Å². The minimum Gasteiger partial charge on any atom is -0.310 e. The third kappa shape index (κ3) is 4.14. The first-order valence-electron chi connectivity index (χ1n) is 7.25. The topological polar surface area (TPSA) is 12.0 Å². The van der Waals surface area contributed by atoms with Gasteiger partial charge in [-0.3, -0.25) is 0 Å². The minimum absolute atomic E-state index is 0.187. The standard InChI is InChI=1S/C18H21BrFN/c1-4-21-18(14-7-8-17(20)16(19)10-14)11-15-9-12(2)5-6-13(15)3/h5-10,18,21H,4,11H2,1-3H3. The molecule has 0 heterocycles. The number of likely N-dealkylation sites (N-methyl/N-ethyl adjacent to an activating group) is 1. The van der Waals surface area contributed by atoms with Crippen molar-refractivity contribution in [3.63, 3.8) is 0 Å². The number of rotatable bonds is 5. The van der Waals surface area contributed by atoms with E-state index in [2.05, 4.69) is 60.2 Å². The van der Waals surface area contributed by atoms with Crippen molar-refractivity contribution in [1.82, 2.24) is 5.32 Å². The van der Waals surface area contributed by atoms with Crippen LogP contribution in [-0.4, -0.2) is 6.54 Å². The molecule has 0 radical (unpaired) electrons. The van der Waals surface area contributed by atoms with E-state index in [0.29, 0.717) is 4.47 Å². The molecule has 0 bridgehead atoms. The van der Waals surface area contributed by atoms with Crippen LogP contribution in [0.25, 0.3) is 0 Å². The van der Waals surface area contributed by atoms with Crippen LogP contribution in [0, 0.1) is 19.7 Å². The predicted octanol–water partition coefficient (Wildman–Crippen LogP) is 5.10. The second-order valence-corrected chi connectivity index (χ2v) is 6.27. The molecule has 0 saturated carbocycles. The molecule has 1 nitrogen and oxygen atoms in total. The lowest BCUT2D eigenvalue weighted by Gasteiger charge is -2.20. The molecule has 2 aromatic carbocycles. The van der Waals surface area contributed by atoms with E-state index < -0.39 is 0 Å². The smallest absolute Gasteiger partial charge is 0.137 e. The summed E-state index contributed by atoms with van der Waals surface area (Å²) in [4.78, 5) is 0. The molecule has 0 aliphatic carbocycles. The number of hydrogen-bond donors (Lipinski definition) is 1. The van der Waals surface area contributed by atoms with Gasteiger partial charge in [0, 0.05) is 6.04 Å². The molecule has 1 N–H and O–H groups in total. The zero-order chi connectivity index (χ0) is 15.4. The van der Waals surface area contributed by atoms with Gasteiger partial charge in [-0.1, -0.05) is 36.8 Å². The van der Waals surface area contributed by atoms with Gasteiger partial charge in [0.1, 0.15) is 5.82 Å². The zero-order valence-corrected chi connectivity index (χ0v) is 14.3. The Kier molecular flexibility index (Phi) is 5.54. The van der Waals surface area contributed by atoms with Crippen molar-refractivity contribution in [2.45, 2.75) is 33.2 Å². The van der Waals surface area contributed by atoms with Crippen molar-refractivity contribution >= 4 is 15.9 Å². The average Bonchev–Trinajstić information content (AvgIpc) is 2.45. The van der Waals surface area contributed by atoms with Gasteiger partial charge in [0.15, 0.2) is 0 Å². The Bertz CT molecular complexity index is 625. The largest absolute Gasteiger partial charge is 0.310 e. The molecule has 2 aromatic rings. The Morgan fingerprint density at radius 1 is 1.14 bits per heavy atom. The van der Waals surface area contributed by atoms with Gasteiger partial charge in [-0.2, -0.15) is 0 Å². The molecule has 2 rings (SSSR count). The van der Waals surface area contributed by atoms with Crippen LogP contribution < -0.4 is 5.32 Å². The number of halogens is 2. The maximum atomic E-state index is 13.4. The number of hydrogen-bond acceptors (Lipinski definition) is 1. The molecular weight excluding hydrogens is 329 g/mol. The highest BCUT2D eigenvalue weighted by Crippen LogP contribution is 2.25. The van der Waals surface area contributed by atoms with E-state index in [4.69, 9.17) is 0 Å². The SMILES string of the molecule is CCNC(Cc1cc(C)ccc1C)c1ccc(F)c(Br)c1. The summed E-state index contributed by atoms with van der Waals surface area (Å²) in [6, 6.07) is 12.0. The van der Waals surface area contributed by atoms with Crippen molar-refractivity contribution < 1.29 is 4.39 Å². The van der Waals surface area contributed by atoms with E-state index in [0.717, 1.165) is 18.5 Å². The van der Waals surface area contributed by atoms with Gasteiger partial charge in [0.2, 0.25) is 0 Å². The number of benzene rings is 2. The molecule has 0 aliphatic heterocycles. The van der Waals surface area contributed by atoms with Crippen molar-refractivity contribution in [3.05, 3.63) is 68.9 Å². The second kappa shape index (κ2) is 7.19. The number of aryl methyl sites for hydroxylation is 2. The number of nitrogens with one attached hydrogen (secondary N) is 1. The van der Waals surface area contributed by atoms with Crippen LogP contribution in [-0.2, 0) is 6.42 Å². The Morgan fingerprint density at radius 2 is 1.90 bits per heavy atom. The van der Waals surface area contributed by atoms with E-state index in [1.807, 2.05) is 12.1 Å². The fourth-order valence-electron chi connectivity index (χ4n) is 2.52. The fourth-order valence-corrected chi connectivity index (χ4v) is 2.92. The maximum absolute atomic E-state index is 13.4. The Labute approximate surface area is 134 Å². The normalized spacial score (nSPS) is 12.4. The molecule has 112 valence electrons. The Morgan fingerprint density at radius 3 is 2.57 bits per heavy atom. The highest BCUT2D eigenvalue weighted by molar-refractivity contribution is 9.10. The zero-order valence-electron chi connectivity index (χ0n) is 12.7. The van der Waals surface area contributed by atoms with Crippen molar-refractivity contribution in [2.24, 2.45) is 0 Å². The fraction of sp³-hybridized carbons (Fsp3) is 0.333. The summed E-state index contributed by atoms with van der Waals surface area (Å²) in [7, 11) is 0. The van der Waals surface area contributed by atoms with Crippen LogP contribution in [0.2, 0.25) is 0 Å². The lowest BCUT2D eigenvalue weighted by atomic mass is 9.95. The molecule has 0 fully saturated rings. The highest BCUT2D eigenvalue weighted by atomic mass is 79.9. The van der Waals surface area contributed by atoms with Crippen LogP contribution in [0.15, 0.2) is 40.9 Å². The lowest BCUT2D eigenvalue weighted by molar-refractivity contribution is 0.545. The van der Waals surface area contributed by atoms with E-state index in [9.17, 15) is 4.39 Å². The van der Waals surface area contributed by atoms with Crippen LogP contribution in [0.4, 0.5) is 4.39 Å². The summed E-state index contributed by atoms with van der Waals surface area (Å²) in [5.41, 5.74) is 5.00. The van der Waals surface area contributed by atoms with E-state index in [1.54, 1.807) is 0 Å². The summed E-state index contributed by atoms with van der Waals surface area (Å²) in [5.74, 6) is -0.222. The first-order chi connectivity index (χ1) is 10.0. The molecule has 3 heteroatoms. The highest BCUT2D eigenvalue weighted by Gasteiger charge is 2.14. The molecule has 0 spiro atoms. The van der Waals surface area contributed by atoms with Gasteiger partial charge in [-0.25, -0.2) is 4.39 Å². The minimum atomic E-state index is -0.222. The molecule has 0 aliphatic rings. The summed E-state index contributed by atoms with van der Waals surface area (Å²) >= 11 is 3.27. The van der Waals surface area contributed by atoms with Gasteiger partial charge < -0.3 is 5.32 Å². The Hall–Kier alpha value is -1.19. The van der Waals surface area contributed by atoms with Crippen LogP contribution in [0.3, 0.4) is 0 Å². The maximum Gasteiger partial charge on any atom is 0.137 e. The quantitative estimate of drug-likeness (QED) is 0.791. The summed E-state index contributed by atoms with van der Waals surface area (Å²) in [6.45, 7) is 7.22. The second-order valence-electron chi connectivity index (χ2n) is 5.42. The van der Waals surface area contributed by atoms with E-state index >= 15 is 0 Å². The molecule has 0 aromatic heterocycles. The van der Waals surface area contributed by atoms with E-state index in [-0.39, 0.29) is 11.9 Å². The monoisotopic (exact) mass is 349 g/mol. The molecular formula is C18H21BrFN. The molecule has 0 amide bonds. The van der Waals surface area contributed by atoms with E-state index in [1.165, 1.54) is 22.8 Å². The first-order valence-corrected chi connectivity index (χ1v) is 8.05. The lowest BCUT2D eigenvalue weighted by Crippen LogP contribution is -2.23. The molecule has 1 unspecified atom stereocenters. The van der Waals surface area contributed by atoms with Crippen LogP contribution >= 0.6 is 15.9 Å². The Balaban J connectivity index is 2.30. The van der Waals surface area contributed by atoms with Crippen LogP contribution in [0.1, 0.15) is 35.2 Å². The molecule has 21 heavy (non-hydrogen) atoms. The predicted molar refractivity (Wildman–Crippen MR) is 90.1 cm³/mol. The third-order valence-corrected chi connectivity index (χ3v) is 4.33. The van der Waals surface area contributed by atoms with Gasteiger partial charge >= 0.3 is 0 Å². The molecule has 1 atom stereocenters. The van der Waals surface area contributed by atoms with Crippen molar-refractivity contribution in [3.8, 4) is 0 Å². The van der Waals surface area contributed by atoms with Crippen LogP contribution in [0.5, 0.6) is 0 Å². The van der Waals surface area contributed by atoms with Gasteiger partial charge in [-0.15, -0.1) is 0 Å². The first kappa shape index (κ1) is 16.2. The summed E-state index contributed by atoms with van der Waals surface area (Å²) in [6.07, 6.45) is 0.902. The molecule has 0 saturated heterocycles. The summed E-state index contributed by atoms with van der Waals surface area (Å²) in [5, 5.41) is 3.50. The van der Waals surface area contributed by atoms with Gasteiger partial charge in [0.05, 0.1) is 4.47 Å². The van der Waals surface area contributed by atoms with Crippen molar-refractivity contribution in [2.75, 3.05) is 6.54 Å². The van der Waals surface area contributed by atoms with Crippen molar-refractivity contribution in [1.29, 1.82) is 0 Å².